The monoisotopic (exact) mass is 254 g/mol. The third-order valence-electron chi connectivity index (χ3n) is 2.40. The zero-order valence-corrected chi connectivity index (χ0v) is 10.6. The molecule has 0 aliphatic carbocycles. The van der Waals surface area contributed by atoms with Crippen LogP contribution in [0, 0.1) is 0 Å². The molecule has 1 aromatic carbocycles. The van der Waals surface area contributed by atoms with Crippen LogP contribution in [0.3, 0.4) is 0 Å². The van der Waals surface area contributed by atoms with E-state index in [0.29, 0.717) is 16.0 Å². The molecule has 1 heterocycles. The summed E-state index contributed by atoms with van der Waals surface area (Å²) < 4.78 is 5.72. The summed E-state index contributed by atoms with van der Waals surface area (Å²) in [6.45, 7) is 4.19. The Morgan fingerprint density at radius 3 is 2.31 bits per heavy atom. The molecular weight excluding hydrogens is 243 g/mol. The van der Waals surface area contributed by atoms with Crippen molar-refractivity contribution in [2.75, 3.05) is 0 Å². The molecule has 84 valence electrons. The van der Waals surface area contributed by atoms with Gasteiger partial charge < -0.3 is 4.42 Å². The van der Waals surface area contributed by atoms with Crippen molar-refractivity contribution in [2.45, 2.75) is 19.8 Å². The molecule has 1 aromatic heterocycles. The number of rotatable bonds is 2. The summed E-state index contributed by atoms with van der Waals surface area (Å²) >= 11 is 11.8. The Hall–Kier alpha value is -0.920. The lowest BCUT2D eigenvalue weighted by Crippen LogP contribution is -1.80. The van der Waals surface area contributed by atoms with Gasteiger partial charge in [0.15, 0.2) is 0 Å². The van der Waals surface area contributed by atoms with Crippen LogP contribution >= 0.6 is 23.2 Å². The first-order valence-electron chi connectivity index (χ1n) is 5.13. The van der Waals surface area contributed by atoms with E-state index < -0.39 is 0 Å². The fourth-order valence-corrected chi connectivity index (χ4v) is 1.77. The van der Waals surface area contributed by atoms with E-state index in [9.17, 15) is 0 Å². The minimum absolute atomic E-state index is 0.386. The molecular formula is C13H12Cl2O. The third kappa shape index (κ3) is 2.26. The Morgan fingerprint density at radius 2 is 1.75 bits per heavy atom. The Morgan fingerprint density at radius 1 is 1.00 bits per heavy atom. The van der Waals surface area contributed by atoms with E-state index in [-0.39, 0.29) is 0 Å². The van der Waals surface area contributed by atoms with Crippen molar-refractivity contribution in [3.63, 3.8) is 0 Å². The average molecular weight is 255 g/mol. The predicted molar refractivity (Wildman–Crippen MR) is 68.3 cm³/mol. The molecule has 0 aliphatic heterocycles. The molecule has 0 saturated heterocycles. The Kier molecular flexibility index (Phi) is 3.27. The van der Waals surface area contributed by atoms with Crippen molar-refractivity contribution >= 4 is 23.2 Å². The largest absolute Gasteiger partial charge is 0.461 e. The van der Waals surface area contributed by atoms with Gasteiger partial charge in [0.25, 0.3) is 0 Å². The summed E-state index contributed by atoms with van der Waals surface area (Å²) in [5.74, 6) is 2.18. The average Bonchev–Trinajstić information content (AvgIpc) is 2.71. The molecule has 0 aliphatic rings. The van der Waals surface area contributed by atoms with Crippen molar-refractivity contribution < 1.29 is 4.42 Å². The van der Waals surface area contributed by atoms with E-state index >= 15 is 0 Å². The molecule has 0 bridgehead atoms. The highest BCUT2D eigenvalue weighted by atomic mass is 35.5. The van der Waals surface area contributed by atoms with Crippen LogP contribution < -0.4 is 0 Å². The summed E-state index contributed by atoms with van der Waals surface area (Å²) in [6.07, 6.45) is 0. The Labute approximate surface area is 105 Å². The van der Waals surface area contributed by atoms with Gasteiger partial charge in [0, 0.05) is 11.5 Å². The number of furan rings is 1. The normalized spacial score (nSPS) is 11.1. The zero-order valence-electron chi connectivity index (χ0n) is 9.13. The first-order valence-corrected chi connectivity index (χ1v) is 5.88. The van der Waals surface area contributed by atoms with Gasteiger partial charge in [-0.05, 0) is 30.3 Å². The smallest absolute Gasteiger partial charge is 0.134 e. The summed E-state index contributed by atoms with van der Waals surface area (Å²) in [5, 5.41) is 1.10. The zero-order chi connectivity index (χ0) is 11.7. The lowest BCUT2D eigenvalue weighted by Gasteiger charge is -2.01. The van der Waals surface area contributed by atoms with Crippen LogP contribution in [0.15, 0.2) is 34.7 Å². The van der Waals surface area contributed by atoms with Gasteiger partial charge in [-0.25, -0.2) is 0 Å². The maximum absolute atomic E-state index is 5.96. The highest BCUT2D eigenvalue weighted by Crippen LogP contribution is 2.30. The lowest BCUT2D eigenvalue weighted by atomic mass is 10.1. The summed E-state index contributed by atoms with van der Waals surface area (Å²) in [5.41, 5.74) is 0.946. The van der Waals surface area contributed by atoms with Gasteiger partial charge in [0.1, 0.15) is 11.5 Å². The van der Waals surface area contributed by atoms with Crippen molar-refractivity contribution in [3.05, 3.63) is 46.1 Å². The fourth-order valence-electron chi connectivity index (χ4n) is 1.47. The maximum Gasteiger partial charge on any atom is 0.134 e. The maximum atomic E-state index is 5.96. The standard InChI is InChI=1S/C13H12Cl2O/c1-8(2)12-5-6-13(16-12)9-3-4-10(14)11(15)7-9/h3-8H,1-2H3. The van der Waals surface area contributed by atoms with E-state index in [1.54, 1.807) is 6.07 Å². The first-order chi connectivity index (χ1) is 7.58. The molecule has 0 amide bonds. The van der Waals surface area contributed by atoms with E-state index in [0.717, 1.165) is 17.1 Å². The van der Waals surface area contributed by atoms with Crippen LogP contribution in [0.1, 0.15) is 25.5 Å². The van der Waals surface area contributed by atoms with Crippen LogP contribution in [0.2, 0.25) is 10.0 Å². The van der Waals surface area contributed by atoms with Crippen molar-refractivity contribution in [3.8, 4) is 11.3 Å². The van der Waals surface area contributed by atoms with E-state index in [4.69, 9.17) is 27.6 Å². The van der Waals surface area contributed by atoms with Gasteiger partial charge in [0.2, 0.25) is 0 Å². The van der Waals surface area contributed by atoms with Gasteiger partial charge >= 0.3 is 0 Å². The topological polar surface area (TPSA) is 13.1 Å². The Balaban J connectivity index is 2.39. The molecule has 0 N–H and O–H groups in total. The number of hydrogen-bond acceptors (Lipinski definition) is 1. The van der Waals surface area contributed by atoms with Gasteiger partial charge in [-0.15, -0.1) is 0 Å². The molecule has 0 fully saturated rings. The van der Waals surface area contributed by atoms with Crippen LogP contribution in [0.4, 0.5) is 0 Å². The summed E-state index contributed by atoms with van der Waals surface area (Å²) in [4.78, 5) is 0. The second-order valence-electron chi connectivity index (χ2n) is 3.99. The minimum atomic E-state index is 0.386. The lowest BCUT2D eigenvalue weighted by molar-refractivity contribution is 0.498. The van der Waals surface area contributed by atoms with E-state index in [2.05, 4.69) is 13.8 Å². The predicted octanol–water partition coefficient (Wildman–Crippen LogP) is 5.38. The van der Waals surface area contributed by atoms with Crippen LogP contribution in [0.25, 0.3) is 11.3 Å². The summed E-state index contributed by atoms with van der Waals surface area (Å²) in [7, 11) is 0. The van der Waals surface area contributed by atoms with Gasteiger partial charge in [0.05, 0.1) is 10.0 Å². The fraction of sp³-hybridized carbons (Fsp3) is 0.231. The van der Waals surface area contributed by atoms with Gasteiger partial charge in [-0.2, -0.15) is 0 Å². The molecule has 0 spiro atoms. The Bertz CT molecular complexity index is 500. The van der Waals surface area contributed by atoms with Gasteiger partial charge in [-0.3, -0.25) is 0 Å². The third-order valence-corrected chi connectivity index (χ3v) is 3.14. The highest BCUT2D eigenvalue weighted by molar-refractivity contribution is 6.42. The molecule has 0 saturated carbocycles. The van der Waals surface area contributed by atoms with Crippen LogP contribution in [0.5, 0.6) is 0 Å². The van der Waals surface area contributed by atoms with Crippen LogP contribution in [-0.4, -0.2) is 0 Å². The molecule has 0 radical (unpaired) electrons. The molecule has 2 rings (SSSR count). The number of benzene rings is 1. The molecule has 0 unspecified atom stereocenters. The van der Waals surface area contributed by atoms with Crippen molar-refractivity contribution in [2.24, 2.45) is 0 Å². The minimum Gasteiger partial charge on any atom is -0.461 e. The SMILES string of the molecule is CC(C)c1ccc(-c2ccc(Cl)c(Cl)c2)o1. The van der Waals surface area contributed by atoms with Crippen molar-refractivity contribution in [1.29, 1.82) is 0 Å². The second-order valence-corrected chi connectivity index (χ2v) is 4.80. The first kappa shape index (κ1) is 11.6. The quantitative estimate of drug-likeness (QED) is 0.702. The molecule has 1 nitrogen and oxygen atoms in total. The number of halogens is 2. The van der Waals surface area contributed by atoms with Crippen molar-refractivity contribution in [1.82, 2.24) is 0 Å². The van der Waals surface area contributed by atoms with E-state index in [1.807, 2.05) is 24.3 Å². The molecule has 0 atom stereocenters. The number of hydrogen-bond donors (Lipinski definition) is 0. The molecule has 16 heavy (non-hydrogen) atoms. The van der Waals surface area contributed by atoms with Crippen LogP contribution in [-0.2, 0) is 0 Å². The van der Waals surface area contributed by atoms with Gasteiger partial charge in [-0.1, -0.05) is 37.0 Å². The summed E-state index contributed by atoms with van der Waals surface area (Å²) in [6, 6.07) is 9.43. The van der Waals surface area contributed by atoms with E-state index in [1.165, 1.54) is 0 Å². The second kappa shape index (κ2) is 4.52. The molecule has 3 heteroatoms. The molecule has 2 aromatic rings. The highest BCUT2D eigenvalue weighted by Gasteiger charge is 2.08.